The van der Waals surface area contributed by atoms with Crippen molar-refractivity contribution in [1.29, 1.82) is 0 Å². The topological polar surface area (TPSA) is 91.8 Å². The number of carbonyl (C=O) groups excluding carboxylic acids is 2. The van der Waals surface area contributed by atoms with E-state index in [1.165, 1.54) is 6.21 Å². The minimum atomic E-state index is -0.554. The number of nitrogens with zero attached hydrogens (tertiary/aromatic N) is 1. The highest BCUT2D eigenvalue weighted by atomic mass is 16.6. The first kappa shape index (κ1) is 21.2. The highest BCUT2D eigenvalue weighted by molar-refractivity contribution is 5.78. The minimum Gasteiger partial charge on any atom is -0.444 e. The van der Waals surface area contributed by atoms with Crippen molar-refractivity contribution in [2.75, 3.05) is 0 Å². The van der Waals surface area contributed by atoms with Gasteiger partial charge in [0, 0.05) is 11.8 Å². The summed E-state index contributed by atoms with van der Waals surface area (Å²) in [6.45, 7) is 13.1. The van der Waals surface area contributed by atoms with Gasteiger partial charge in [-0.3, -0.25) is 0 Å². The molecule has 0 fully saturated rings. The predicted octanol–water partition coefficient (Wildman–Crippen LogP) is 3.15. The number of rotatable bonds is 6. The zero-order valence-corrected chi connectivity index (χ0v) is 15.4. The van der Waals surface area contributed by atoms with E-state index in [9.17, 15) is 9.59 Å². The van der Waals surface area contributed by atoms with Crippen LogP contribution >= 0.6 is 0 Å². The van der Waals surface area contributed by atoms with Crippen LogP contribution in [0.4, 0.5) is 9.59 Å². The van der Waals surface area contributed by atoms with Crippen LogP contribution in [0.2, 0.25) is 0 Å². The van der Waals surface area contributed by atoms with Gasteiger partial charge in [0.05, 0.1) is 6.04 Å². The molecular formula is C16H32N4O3. The van der Waals surface area contributed by atoms with Crippen molar-refractivity contribution in [1.82, 2.24) is 16.1 Å². The number of hydrogen-bond donors (Lipinski definition) is 3. The second kappa shape index (κ2) is 9.37. The summed E-state index contributed by atoms with van der Waals surface area (Å²) in [6.07, 6.45) is 3.67. The lowest BCUT2D eigenvalue weighted by atomic mass is 10.1. The molecule has 7 heteroatoms. The Morgan fingerprint density at radius 1 is 1.17 bits per heavy atom. The van der Waals surface area contributed by atoms with E-state index < -0.39 is 11.7 Å². The Balaban J connectivity index is 4.51. The fourth-order valence-electron chi connectivity index (χ4n) is 1.62. The van der Waals surface area contributed by atoms with E-state index in [4.69, 9.17) is 4.74 Å². The van der Waals surface area contributed by atoms with Crippen LogP contribution in [0, 0.1) is 0 Å². The molecule has 0 unspecified atom stereocenters. The van der Waals surface area contributed by atoms with Gasteiger partial charge in [-0.25, -0.2) is 15.0 Å². The smallest absolute Gasteiger partial charge is 0.408 e. The summed E-state index contributed by atoms with van der Waals surface area (Å²) in [6, 6.07) is -0.681. The molecule has 7 nitrogen and oxygen atoms in total. The zero-order valence-electron chi connectivity index (χ0n) is 15.4. The molecule has 0 bridgehead atoms. The molecule has 0 aliphatic rings. The van der Waals surface area contributed by atoms with Crippen LogP contribution in [-0.2, 0) is 4.74 Å². The Kier molecular flexibility index (Phi) is 8.64. The molecule has 0 aromatic carbocycles. The van der Waals surface area contributed by atoms with Crippen LogP contribution in [0.25, 0.3) is 0 Å². The summed E-state index contributed by atoms with van der Waals surface area (Å²) in [5, 5.41) is 9.38. The van der Waals surface area contributed by atoms with Gasteiger partial charge in [-0.15, -0.1) is 0 Å². The SMILES string of the molecule is CCCC[C@@H](/C=N/NC(=O)NC(C)(C)C)NC(=O)OC(C)(C)C. The summed E-state index contributed by atoms with van der Waals surface area (Å²) in [7, 11) is 0. The molecular weight excluding hydrogens is 296 g/mol. The maximum absolute atomic E-state index is 11.8. The monoisotopic (exact) mass is 328 g/mol. The van der Waals surface area contributed by atoms with Gasteiger partial charge < -0.3 is 15.4 Å². The average Bonchev–Trinajstić information content (AvgIpc) is 2.30. The number of nitrogens with one attached hydrogen (secondary N) is 3. The standard InChI is InChI=1S/C16H32N4O3/c1-8-9-10-12(18-14(22)23-16(5,6)7)11-17-20-13(21)19-15(2,3)4/h11-12H,8-10H2,1-7H3,(H,18,22)(H2,19,20,21)/b17-11+/t12-/m0/s1. The predicted molar refractivity (Wildman–Crippen MR) is 92.6 cm³/mol. The van der Waals surface area contributed by atoms with E-state index in [1.54, 1.807) is 20.8 Å². The van der Waals surface area contributed by atoms with Crippen molar-refractivity contribution in [3.8, 4) is 0 Å². The molecule has 3 amide bonds. The number of alkyl carbamates (subject to hydrolysis) is 1. The Bertz CT molecular complexity index is 409. The molecule has 0 aliphatic heterocycles. The number of ether oxygens (including phenoxy) is 1. The lowest BCUT2D eigenvalue weighted by Gasteiger charge is -2.22. The van der Waals surface area contributed by atoms with E-state index in [2.05, 4.69) is 28.1 Å². The Morgan fingerprint density at radius 3 is 2.26 bits per heavy atom. The molecule has 0 radical (unpaired) electrons. The van der Waals surface area contributed by atoms with Crippen LogP contribution in [0.3, 0.4) is 0 Å². The normalized spacial score (nSPS) is 13.5. The number of carbonyl (C=O) groups is 2. The zero-order chi connectivity index (χ0) is 18.1. The van der Waals surface area contributed by atoms with Crippen molar-refractivity contribution >= 4 is 18.3 Å². The largest absolute Gasteiger partial charge is 0.444 e. The van der Waals surface area contributed by atoms with Crippen molar-refractivity contribution in [3.63, 3.8) is 0 Å². The Hall–Kier alpha value is -1.79. The average molecular weight is 328 g/mol. The van der Waals surface area contributed by atoms with E-state index in [-0.39, 0.29) is 17.6 Å². The molecule has 0 saturated carbocycles. The van der Waals surface area contributed by atoms with E-state index in [0.29, 0.717) is 0 Å². The van der Waals surface area contributed by atoms with E-state index in [0.717, 1.165) is 19.3 Å². The second-order valence-corrected chi connectivity index (χ2v) is 7.49. The Labute approximate surface area is 139 Å². The van der Waals surface area contributed by atoms with Crippen LogP contribution < -0.4 is 16.1 Å². The summed E-state index contributed by atoms with van der Waals surface area (Å²) in [5.41, 5.74) is 1.50. The summed E-state index contributed by atoms with van der Waals surface area (Å²) < 4.78 is 5.23. The van der Waals surface area contributed by atoms with Gasteiger partial charge in [0.25, 0.3) is 0 Å². The van der Waals surface area contributed by atoms with Crippen molar-refractivity contribution in [2.45, 2.75) is 84.9 Å². The number of hydrazone groups is 1. The molecule has 23 heavy (non-hydrogen) atoms. The quantitative estimate of drug-likeness (QED) is 0.516. The van der Waals surface area contributed by atoms with E-state index in [1.807, 2.05) is 20.8 Å². The Morgan fingerprint density at radius 2 is 1.78 bits per heavy atom. The van der Waals surface area contributed by atoms with E-state index >= 15 is 0 Å². The summed E-state index contributed by atoms with van der Waals surface area (Å²) in [5.74, 6) is 0. The third-order valence-corrected chi connectivity index (χ3v) is 2.48. The number of urea groups is 1. The number of unbranched alkanes of at least 4 members (excludes halogenated alkanes) is 1. The van der Waals surface area contributed by atoms with Crippen LogP contribution in [0.15, 0.2) is 5.10 Å². The lowest BCUT2D eigenvalue weighted by molar-refractivity contribution is 0.0517. The highest BCUT2D eigenvalue weighted by Crippen LogP contribution is 2.07. The van der Waals surface area contributed by atoms with Gasteiger partial charge in [0.15, 0.2) is 0 Å². The fourth-order valence-corrected chi connectivity index (χ4v) is 1.62. The molecule has 0 rings (SSSR count). The van der Waals surface area contributed by atoms with Crippen LogP contribution in [0.1, 0.15) is 67.7 Å². The maximum Gasteiger partial charge on any atom is 0.408 e. The van der Waals surface area contributed by atoms with Gasteiger partial charge in [0.2, 0.25) is 0 Å². The van der Waals surface area contributed by atoms with Crippen molar-refractivity contribution in [3.05, 3.63) is 0 Å². The summed E-state index contributed by atoms with van der Waals surface area (Å²) in [4.78, 5) is 23.4. The molecule has 0 saturated heterocycles. The first-order valence-corrected chi connectivity index (χ1v) is 8.04. The molecule has 1 atom stereocenters. The van der Waals surface area contributed by atoms with Crippen molar-refractivity contribution < 1.29 is 14.3 Å². The minimum absolute atomic E-state index is 0.292. The van der Waals surface area contributed by atoms with Crippen LogP contribution in [-0.4, -0.2) is 35.5 Å². The van der Waals surface area contributed by atoms with Gasteiger partial charge >= 0.3 is 12.1 Å². The second-order valence-electron chi connectivity index (χ2n) is 7.49. The molecule has 0 aromatic rings. The highest BCUT2D eigenvalue weighted by Gasteiger charge is 2.18. The number of amides is 3. The molecule has 0 aliphatic carbocycles. The van der Waals surface area contributed by atoms with Gasteiger partial charge in [0.1, 0.15) is 5.60 Å². The number of hydrogen-bond acceptors (Lipinski definition) is 4. The fraction of sp³-hybridized carbons (Fsp3) is 0.812. The van der Waals surface area contributed by atoms with Crippen LogP contribution in [0.5, 0.6) is 0 Å². The third kappa shape index (κ3) is 13.6. The molecule has 3 N–H and O–H groups in total. The molecule has 0 spiro atoms. The van der Waals surface area contributed by atoms with Gasteiger partial charge in [-0.05, 0) is 48.0 Å². The first-order chi connectivity index (χ1) is 10.4. The molecule has 134 valence electrons. The lowest BCUT2D eigenvalue weighted by Crippen LogP contribution is -2.45. The third-order valence-electron chi connectivity index (χ3n) is 2.48. The van der Waals surface area contributed by atoms with Gasteiger partial charge in [-0.1, -0.05) is 19.8 Å². The maximum atomic E-state index is 11.8. The first-order valence-electron chi connectivity index (χ1n) is 8.04. The summed E-state index contributed by atoms with van der Waals surface area (Å²) >= 11 is 0. The molecule has 0 heterocycles. The molecule has 0 aromatic heterocycles. The van der Waals surface area contributed by atoms with Crippen molar-refractivity contribution in [2.24, 2.45) is 5.10 Å². The van der Waals surface area contributed by atoms with Gasteiger partial charge in [-0.2, -0.15) is 5.10 Å².